The number of anilines is 2. The van der Waals surface area contributed by atoms with Gasteiger partial charge < -0.3 is 15.0 Å². The normalized spacial score (nSPS) is 22.1. The van der Waals surface area contributed by atoms with Crippen molar-refractivity contribution in [2.45, 2.75) is 31.8 Å². The van der Waals surface area contributed by atoms with E-state index in [1.165, 1.54) is 5.56 Å². The highest BCUT2D eigenvalue weighted by Gasteiger charge is 2.34. The quantitative estimate of drug-likeness (QED) is 0.666. The molecule has 3 heterocycles. The second-order valence-corrected chi connectivity index (χ2v) is 9.39. The first kappa shape index (κ1) is 23.7. The summed E-state index contributed by atoms with van der Waals surface area (Å²) in [5, 5.41) is 3.10. The molecule has 1 aromatic carbocycles. The van der Waals surface area contributed by atoms with Gasteiger partial charge in [-0.1, -0.05) is 6.07 Å². The fraction of sp³-hybridized carbons (Fsp3) is 0.538. The van der Waals surface area contributed by atoms with E-state index >= 15 is 0 Å². The Balaban J connectivity index is 1.37. The molecular formula is C26H37N5O2. The lowest BCUT2D eigenvalue weighted by Crippen LogP contribution is -2.53. The van der Waals surface area contributed by atoms with Crippen LogP contribution in [0.4, 0.5) is 11.4 Å². The molecule has 0 radical (unpaired) electrons. The summed E-state index contributed by atoms with van der Waals surface area (Å²) >= 11 is 0. The minimum Gasteiger partial charge on any atom is -0.379 e. The number of nitrogens with one attached hydrogen (secondary N) is 1. The number of rotatable bonds is 8. The summed E-state index contributed by atoms with van der Waals surface area (Å²) in [4.78, 5) is 24.1. The molecule has 2 atom stereocenters. The van der Waals surface area contributed by atoms with Gasteiger partial charge in [0.15, 0.2) is 0 Å². The number of ether oxygens (including phenoxy) is 1. The fourth-order valence-electron chi connectivity index (χ4n) is 5.06. The van der Waals surface area contributed by atoms with Gasteiger partial charge in [0.1, 0.15) is 0 Å². The van der Waals surface area contributed by atoms with Gasteiger partial charge in [-0.15, -0.1) is 0 Å². The van der Waals surface area contributed by atoms with E-state index in [1.54, 1.807) is 0 Å². The zero-order chi connectivity index (χ0) is 23.0. The predicted molar refractivity (Wildman–Crippen MR) is 132 cm³/mol. The Hall–Kier alpha value is -2.48. The summed E-state index contributed by atoms with van der Waals surface area (Å²) in [6, 6.07) is 12.7. The Kier molecular flexibility index (Phi) is 8.31. The molecule has 0 spiro atoms. The molecule has 0 aliphatic carbocycles. The number of carbonyl (C=O) groups excluding carboxylic acids is 1. The standard InChI is InChI=1S/C26H37N5O2/c1-29(2)24-5-3-4-23(18-24)28-26(32)7-6-22-20-30(19-21-8-11-27-12-9-21)13-10-25(22)31-14-16-33-17-15-31/h3-5,8-9,11-12,18,22,25H,6-7,10,13-17,19-20H2,1-2H3,(H,28,32)/t22-,25+/m1/s1. The van der Waals surface area contributed by atoms with E-state index in [0.717, 1.165) is 70.2 Å². The Morgan fingerprint density at radius 2 is 1.94 bits per heavy atom. The summed E-state index contributed by atoms with van der Waals surface area (Å²) < 4.78 is 5.59. The van der Waals surface area contributed by atoms with Crippen LogP contribution in [0.3, 0.4) is 0 Å². The molecule has 178 valence electrons. The van der Waals surface area contributed by atoms with Gasteiger partial charge in [0, 0.05) is 76.5 Å². The second kappa shape index (κ2) is 11.6. The van der Waals surface area contributed by atoms with Gasteiger partial charge in [-0.2, -0.15) is 0 Å². The van der Waals surface area contributed by atoms with Crippen LogP contribution < -0.4 is 10.2 Å². The highest BCUT2D eigenvalue weighted by Crippen LogP contribution is 2.28. The van der Waals surface area contributed by atoms with Crippen LogP contribution in [0.2, 0.25) is 0 Å². The maximum absolute atomic E-state index is 12.8. The van der Waals surface area contributed by atoms with E-state index in [2.05, 4.69) is 32.2 Å². The Bertz CT molecular complexity index is 885. The summed E-state index contributed by atoms with van der Waals surface area (Å²) in [5.74, 6) is 0.565. The lowest BCUT2D eigenvalue weighted by Gasteiger charge is -2.45. The molecule has 1 N–H and O–H groups in total. The molecule has 2 aliphatic rings. The molecule has 0 unspecified atom stereocenters. The number of benzene rings is 1. The SMILES string of the molecule is CN(C)c1cccc(NC(=O)CC[C@@H]2CN(Cc3ccncc3)CC[C@@H]2N2CCOCC2)c1. The maximum atomic E-state index is 12.8. The molecule has 0 saturated carbocycles. The molecule has 2 aromatic rings. The number of amides is 1. The lowest BCUT2D eigenvalue weighted by molar-refractivity contribution is -0.116. The van der Waals surface area contributed by atoms with Gasteiger partial charge in [-0.25, -0.2) is 0 Å². The third-order valence-electron chi connectivity index (χ3n) is 6.84. The van der Waals surface area contributed by atoms with E-state index < -0.39 is 0 Å². The molecule has 7 heteroatoms. The first-order valence-electron chi connectivity index (χ1n) is 12.1. The highest BCUT2D eigenvalue weighted by molar-refractivity contribution is 5.91. The van der Waals surface area contributed by atoms with Crippen LogP contribution in [-0.2, 0) is 16.1 Å². The Labute approximate surface area is 197 Å². The van der Waals surface area contributed by atoms with Gasteiger partial charge in [0.05, 0.1) is 13.2 Å². The van der Waals surface area contributed by atoms with Gasteiger partial charge in [-0.3, -0.25) is 19.6 Å². The van der Waals surface area contributed by atoms with Crippen molar-refractivity contribution in [3.63, 3.8) is 0 Å². The zero-order valence-electron chi connectivity index (χ0n) is 19.9. The molecule has 2 saturated heterocycles. The molecule has 7 nitrogen and oxygen atoms in total. The minimum atomic E-state index is 0.0953. The summed E-state index contributed by atoms with van der Waals surface area (Å²) in [7, 11) is 4.01. The van der Waals surface area contributed by atoms with E-state index in [4.69, 9.17) is 4.74 Å². The molecule has 33 heavy (non-hydrogen) atoms. The van der Waals surface area contributed by atoms with Crippen LogP contribution in [0.25, 0.3) is 0 Å². The second-order valence-electron chi connectivity index (χ2n) is 9.39. The van der Waals surface area contributed by atoms with Crippen LogP contribution in [0, 0.1) is 5.92 Å². The van der Waals surface area contributed by atoms with Crippen LogP contribution in [-0.4, -0.2) is 80.2 Å². The topological polar surface area (TPSA) is 60.9 Å². The fourth-order valence-corrected chi connectivity index (χ4v) is 5.06. The summed E-state index contributed by atoms with van der Waals surface area (Å²) in [5.41, 5.74) is 3.24. The summed E-state index contributed by atoms with van der Waals surface area (Å²) in [6.45, 7) is 6.67. The zero-order valence-corrected chi connectivity index (χ0v) is 19.9. The third-order valence-corrected chi connectivity index (χ3v) is 6.84. The van der Waals surface area contributed by atoms with Crippen molar-refractivity contribution in [2.24, 2.45) is 5.92 Å². The number of likely N-dealkylation sites (tertiary alicyclic amines) is 1. The Morgan fingerprint density at radius 1 is 1.15 bits per heavy atom. The van der Waals surface area contributed by atoms with Crippen LogP contribution in [0.5, 0.6) is 0 Å². The number of pyridine rings is 1. The van der Waals surface area contributed by atoms with Crippen molar-refractivity contribution < 1.29 is 9.53 Å². The smallest absolute Gasteiger partial charge is 0.224 e. The van der Waals surface area contributed by atoms with Crippen LogP contribution in [0.15, 0.2) is 48.8 Å². The van der Waals surface area contributed by atoms with Gasteiger partial charge in [0.25, 0.3) is 0 Å². The maximum Gasteiger partial charge on any atom is 0.224 e. The average Bonchev–Trinajstić information content (AvgIpc) is 2.84. The monoisotopic (exact) mass is 451 g/mol. The highest BCUT2D eigenvalue weighted by atomic mass is 16.5. The number of hydrogen-bond donors (Lipinski definition) is 1. The van der Waals surface area contributed by atoms with Gasteiger partial charge in [-0.05, 0) is 61.2 Å². The van der Waals surface area contributed by atoms with Crippen LogP contribution in [0.1, 0.15) is 24.8 Å². The molecule has 1 aromatic heterocycles. The van der Waals surface area contributed by atoms with Gasteiger partial charge >= 0.3 is 0 Å². The van der Waals surface area contributed by atoms with Crippen molar-refractivity contribution in [2.75, 3.05) is 63.7 Å². The predicted octanol–water partition coefficient (Wildman–Crippen LogP) is 3.09. The van der Waals surface area contributed by atoms with Crippen molar-refractivity contribution >= 4 is 17.3 Å². The Morgan fingerprint density at radius 3 is 2.70 bits per heavy atom. The number of hydrogen-bond acceptors (Lipinski definition) is 6. The minimum absolute atomic E-state index is 0.0953. The number of nitrogens with zero attached hydrogens (tertiary/aromatic N) is 4. The van der Waals surface area contributed by atoms with E-state index in [9.17, 15) is 4.79 Å². The molecule has 2 aliphatic heterocycles. The summed E-state index contributed by atoms with van der Waals surface area (Å²) in [6.07, 6.45) is 6.31. The van der Waals surface area contributed by atoms with Crippen molar-refractivity contribution in [1.29, 1.82) is 0 Å². The van der Waals surface area contributed by atoms with Crippen molar-refractivity contribution in [3.8, 4) is 0 Å². The van der Waals surface area contributed by atoms with Crippen molar-refractivity contribution in [3.05, 3.63) is 54.4 Å². The number of morpholine rings is 1. The van der Waals surface area contributed by atoms with Crippen molar-refractivity contribution in [1.82, 2.24) is 14.8 Å². The molecule has 1 amide bonds. The third kappa shape index (κ3) is 6.76. The number of carbonyl (C=O) groups is 1. The van der Waals surface area contributed by atoms with E-state index in [1.807, 2.05) is 55.7 Å². The number of aromatic nitrogens is 1. The van der Waals surface area contributed by atoms with E-state index in [0.29, 0.717) is 18.4 Å². The van der Waals surface area contributed by atoms with Gasteiger partial charge in [0.2, 0.25) is 5.91 Å². The molecule has 0 bridgehead atoms. The first-order chi connectivity index (χ1) is 16.1. The molecule has 4 rings (SSSR count). The first-order valence-corrected chi connectivity index (χ1v) is 12.1. The average molecular weight is 452 g/mol. The lowest BCUT2D eigenvalue weighted by atomic mass is 9.86. The van der Waals surface area contributed by atoms with E-state index in [-0.39, 0.29) is 5.91 Å². The molecular weight excluding hydrogens is 414 g/mol. The number of piperidine rings is 1. The largest absolute Gasteiger partial charge is 0.379 e. The molecule has 2 fully saturated rings. The van der Waals surface area contributed by atoms with Crippen LogP contribution >= 0.6 is 0 Å².